The smallest absolute Gasteiger partial charge is 0.305 e. The van der Waals surface area contributed by atoms with Gasteiger partial charge in [0.25, 0.3) is 0 Å². The fraction of sp³-hybridized carbons (Fsp3) is 0.429. The molecule has 22 heavy (non-hydrogen) atoms. The van der Waals surface area contributed by atoms with Crippen LogP contribution in [0.2, 0.25) is 0 Å². The first-order chi connectivity index (χ1) is 10.1. The molecule has 1 rings (SSSR count). The second kappa shape index (κ2) is 7.35. The fourth-order valence-electron chi connectivity index (χ4n) is 1.71. The van der Waals surface area contributed by atoms with E-state index in [0.717, 1.165) is 12.1 Å². The van der Waals surface area contributed by atoms with Crippen LogP contribution in [-0.4, -0.2) is 36.4 Å². The van der Waals surface area contributed by atoms with E-state index in [1.807, 2.05) is 0 Å². The fourth-order valence-corrected chi connectivity index (χ4v) is 2.49. The number of rotatable bonds is 7. The van der Waals surface area contributed by atoms with Crippen molar-refractivity contribution in [2.75, 3.05) is 5.75 Å². The number of nitrogens with one attached hydrogen (secondary N) is 1. The van der Waals surface area contributed by atoms with Gasteiger partial charge in [-0.3, -0.25) is 9.59 Å². The molecular weight excluding hydrogens is 313 g/mol. The molecule has 0 aliphatic carbocycles. The van der Waals surface area contributed by atoms with E-state index in [0.29, 0.717) is 5.56 Å². The number of carboxylic acids is 1. The van der Waals surface area contributed by atoms with Crippen molar-refractivity contribution in [3.8, 4) is 0 Å². The van der Waals surface area contributed by atoms with Crippen LogP contribution in [0.25, 0.3) is 0 Å². The molecule has 0 saturated carbocycles. The molecule has 1 unspecified atom stereocenters. The topological polar surface area (TPSA) is 101 Å². The number of aliphatic carboxylic acids is 1. The Morgan fingerprint density at radius 1 is 1.23 bits per heavy atom. The highest BCUT2D eigenvalue weighted by Gasteiger charge is 2.24. The number of carboxylic acid groups (broad SMARTS) is 1. The number of amides is 1. The largest absolute Gasteiger partial charge is 0.481 e. The molecule has 0 saturated heterocycles. The quantitative estimate of drug-likeness (QED) is 0.784. The zero-order chi connectivity index (χ0) is 16.9. The van der Waals surface area contributed by atoms with Gasteiger partial charge in [0.05, 0.1) is 17.7 Å². The zero-order valence-electron chi connectivity index (χ0n) is 12.2. The molecule has 8 heteroatoms. The lowest BCUT2D eigenvalue weighted by Crippen LogP contribution is -2.36. The maximum Gasteiger partial charge on any atom is 0.305 e. The van der Waals surface area contributed by atoms with E-state index >= 15 is 0 Å². The van der Waals surface area contributed by atoms with Crippen LogP contribution < -0.4 is 5.32 Å². The van der Waals surface area contributed by atoms with Crippen molar-refractivity contribution in [1.82, 2.24) is 5.32 Å². The van der Waals surface area contributed by atoms with Gasteiger partial charge in [-0.05, 0) is 31.5 Å². The Hall–Kier alpha value is -1.96. The summed E-state index contributed by atoms with van der Waals surface area (Å²) >= 11 is 0. The highest BCUT2D eigenvalue weighted by atomic mass is 32.2. The first kappa shape index (κ1) is 18.1. The maximum absolute atomic E-state index is 12.9. The minimum Gasteiger partial charge on any atom is -0.481 e. The molecule has 1 aromatic rings. The van der Waals surface area contributed by atoms with Crippen molar-refractivity contribution in [1.29, 1.82) is 0 Å². The minimum absolute atomic E-state index is 0.388. The normalized spacial score (nSPS) is 12.9. The Morgan fingerprint density at radius 2 is 1.77 bits per heavy atom. The van der Waals surface area contributed by atoms with Gasteiger partial charge in [-0.1, -0.05) is 12.1 Å². The summed E-state index contributed by atoms with van der Waals surface area (Å²) in [5.74, 6) is -3.17. The number of hydrogen-bond donors (Lipinski definition) is 2. The van der Waals surface area contributed by atoms with Crippen LogP contribution in [0.4, 0.5) is 4.39 Å². The van der Waals surface area contributed by atoms with Crippen LogP contribution in [0.1, 0.15) is 31.9 Å². The van der Waals surface area contributed by atoms with Crippen molar-refractivity contribution < 1.29 is 27.5 Å². The molecule has 122 valence electrons. The summed E-state index contributed by atoms with van der Waals surface area (Å²) in [6, 6.07) is 4.05. The Balaban J connectivity index is 2.88. The van der Waals surface area contributed by atoms with Crippen molar-refractivity contribution in [2.45, 2.75) is 31.6 Å². The highest BCUT2D eigenvalue weighted by Crippen LogP contribution is 2.17. The van der Waals surface area contributed by atoms with E-state index in [1.54, 1.807) is 0 Å². The third kappa shape index (κ3) is 5.44. The minimum atomic E-state index is -3.58. The van der Waals surface area contributed by atoms with Gasteiger partial charge in [0.15, 0.2) is 9.84 Å². The number of benzene rings is 1. The van der Waals surface area contributed by atoms with Crippen LogP contribution in [0.15, 0.2) is 24.3 Å². The van der Waals surface area contributed by atoms with E-state index in [2.05, 4.69) is 5.32 Å². The first-order valence-electron chi connectivity index (χ1n) is 6.60. The van der Waals surface area contributed by atoms with Crippen molar-refractivity contribution in [2.24, 2.45) is 0 Å². The standard InChI is InChI=1S/C14H18FNO5S/c1-9(2)22(20,21)8-13(17)16-12(7-14(18)19)10-3-5-11(15)6-4-10/h3-6,9,12H,7-8H2,1-2H3,(H,16,17)(H,18,19). The van der Waals surface area contributed by atoms with Gasteiger partial charge in [-0.25, -0.2) is 12.8 Å². The third-order valence-corrected chi connectivity index (χ3v) is 5.14. The molecule has 0 aliphatic rings. The summed E-state index contributed by atoms with van der Waals surface area (Å²) in [6.45, 7) is 2.91. The molecular formula is C14H18FNO5S. The van der Waals surface area contributed by atoms with Gasteiger partial charge in [0.1, 0.15) is 11.6 Å². The summed E-state index contributed by atoms with van der Waals surface area (Å²) in [7, 11) is -3.58. The lowest BCUT2D eigenvalue weighted by Gasteiger charge is -2.18. The summed E-state index contributed by atoms with van der Waals surface area (Å²) in [4.78, 5) is 22.7. The van der Waals surface area contributed by atoms with E-state index in [-0.39, 0.29) is 0 Å². The van der Waals surface area contributed by atoms with Crippen molar-refractivity contribution in [3.05, 3.63) is 35.6 Å². The van der Waals surface area contributed by atoms with E-state index in [9.17, 15) is 22.4 Å². The lowest BCUT2D eigenvalue weighted by molar-refractivity contribution is -0.137. The van der Waals surface area contributed by atoms with Gasteiger partial charge < -0.3 is 10.4 Å². The lowest BCUT2D eigenvalue weighted by atomic mass is 10.0. The summed E-state index contributed by atoms with van der Waals surface area (Å²) in [5, 5.41) is 10.6. The van der Waals surface area contributed by atoms with Crippen LogP contribution in [0.3, 0.4) is 0 Å². The van der Waals surface area contributed by atoms with E-state index < -0.39 is 51.0 Å². The predicted octanol–water partition coefficient (Wildman–Crippen LogP) is 1.28. The monoisotopic (exact) mass is 331 g/mol. The van der Waals surface area contributed by atoms with Crippen LogP contribution in [0.5, 0.6) is 0 Å². The molecule has 1 amide bonds. The second-order valence-corrected chi connectivity index (χ2v) is 7.68. The zero-order valence-corrected chi connectivity index (χ0v) is 13.1. The second-order valence-electron chi connectivity index (χ2n) is 5.13. The maximum atomic E-state index is 12.9. The van der Waals surface area contributed by atoms with Gasteiger partial charge in [-0.2, -0.15) is 0 Å². The molecule has 0 bridgehead atoms. The molecule has 0 aromatic heterocycles. The molecule has 2 N–H and O–H groups in total. The average Bonchev–Trinajstić information content (AvgIpc) is 2.37. The predicted molar refractivity (Wildman–Crippen MR) is 78.5 cm³/mol. The van der Waals surface area contributed by atoms with Crippen molar-refractivity contribution in [3.63, 3.8) is 0 Å². The van der Waals surface area contributed by atoms with E-state index in [1.165, 1.54) is 26.0 Å². The molecule has 0 spiro atoms. The molecule has 0 heterocycles. The van der Waals surface area contributed by atoms with Gasteiger partial charge in [0, 0.05) is 0 Å². The first-order valence-corrected chi connectivity index (χ1v) is 8.31. The van der Waals surface area contributed by atoms with E-state index in [4.69, 9.17) is 5.11 Å². The van der Waals surface area contributed by atoms with Crippen LogP contribution >= 0.6 is 0 Å². The molecule has 1 atom stereocenters. The Kier molecular flexibility index (Phi) is 6.04. The van der Waals surface area contributed by atoms with Crippen LogP contribution in [0, 0.1) is 5.82 Å². The molecule has 1 aromatic carbocycles. The number of carbonyl (C=O) groups is 2. The molecule has 0 aliphatic heterocycles. The Bertz CT molecular complexity index is 640. The average molecular weight is 331 g/mol. The Labute approximate surface area is 128 Å². The molecule has 0 radical (unpaired) electrons. The SMILES string of the molecule is CC(C)S(=O)(=O)CC(=O)NC(CC(=O)O)c1ccc(F)cc1. The van der Waals surface area contributed by atoms with Gasteiger partial charge >= 0.3 is 5.97 Å². The number of hydrogen-bond acceptors (Lipinski definition) is 4. The Morgan fingerprint density at radius 3 is 2.23 bits per heavy atom. The van der Waals surface area contributed by atoms with Gasteiger partial charge in [-0.15, -0.1) is 0 Å². The van der Waals surface area contributed by atoms with Crippen LogP contribution in [-0.2, 0) is 19.4 Å². The molecule has 6 nitrogen and oxygen atoms in total. The summed E-state index contributed by atoms with van der Waals surface area (Å²) in [6.07, 6.45) is -0.431. The number of sulfone groups is 1. The molecule has 0 fully saturated rings. The summed E-state index contributed by atoms with van der Waals surface area (Å²) < 4.78 is 36.3. The summed E-state index contributed by atoms with van der Waals surface area (Å²) in [5.41, 5.74) is 0.388. The van der Waals surface area contributed by atoms with Crippen molar-refractivity contribution >= 4 is 21.7 Å². The van der Waals surface area contributed by atoms with Gasteiger partial charge in [0.2, 0.25) is 5.91 Å². The number of halogens is 1. The highest BCUT2D eigenvalue weighted by molar-refractivity contribution is 7.92. The number of carbonyl (C=O) groups excluding carboxylic acids is 1. The third-order valence-electron chi connectivity index (χ3n) is 3.04.